The summed E-state index contributed by atoms with van der Waals surface area (Å²) in [6.45, 7) is 4.01. The van der Waals surface area contributed by atoms with Crippen LogP contribution >= 0.6 is 0 Å². The summed E-state index contributed by atoms with van der Waals surface area (Å²) in [6, 6.07) is 21.1. The molecule has 1 aromatic heterocycles. The molecule has 198 valence electrons. The van der Waals surface area contributed by atoms with E-state index in [4.69, 9.17) is 4.74 Å². The number of anilines is 2. The number of fused-ring (bicyclic) bond motifs is 1. The number of rotatable bonds is 6. The molecule has 1 aliphatic heterocycles. The summed E-state index contributed by atoms with van der Waals surface area (Å²) in [7, 11) is 1.58. The Morgan fingerprint density at radius 2 is 1.69 bits per heavy atom. The molecule has 2 amide bonds. The number of carbonyl (C=O) groups is 2. The lowest BCUT2D eigenvalue weighted by Gasteiger charge is -2.36. The third kappa shape index (κ3) is 5.35. The third-order valence-electron chi connectivity index (χ3n) is 6.84. The van der Waals surface area contributed by atoms with Crippen molar-refractivity contribution in [1.82, 2.24) is 9.88 Å². The predicted molar refractivity (Wildman–Crippen MR) is 149 cm³/mol. The molecular formula is C29H27N5O5. The minimum absolute atomic E-state index is 0.0915. The maximum Gasteiger partial charge on any atom is 0.273 e. The average Bonchev–Trinajstić information content (AvgIpc) is 2.96. The first kappa shape index (κ1) is 25.7. The van der Waals surface area contributed by atoms with Crippen LogP contribution in [0, 0.1) is 17.0 Å². The first-order valence-corrected chi connectivity index (χ1v) is 12.5. The molecule has 10 nitrogen and oxygen atoms in total. The Hall–Kier alpha value is -4.99. The van der Waals surface area contributed by atoms with Gasteiger partial charge in [-0.2, -0.15) is 0 Å². The first-order chi connectivity index (χ1) is 18.8. The van der Waals surface area contributed by atoms with E-state index in [2.05, 4.69) is 15.2 Å². The van der Waals surface area contributed by atoms with E-state index in [1.165, 1.54) is 6.07 Å². The Morgan fingerprint density at radius 1 is 0.974 bits per heavy atom. The fourth-order valence-electron chi connectivity index (χ4n) is 4.66. The lowest BCUT2D eigenvalue weighted by atomic mass is 10.1. The highest BCUT2D eigenvalue weighted by molar-refractivity contribution is 6.04. The van der Waals surface area contributed by atoms with Crippen LogP contribution in [0.2, 0.25) is 0 Å². The molecule has 1 saturated heterocycles. The van der Waals surface area contributed by atoms with Crippen LogP contribution in [-0.2, 0) is 0 Å². The lowest BCUT2D eigenvalue weighted by Crippen LogP contribution is -2.49. The molecule has 0 bridgehead atoms. The van der Waals surface area contributed by atoms with Gasteiger partial charge in [0.2, 0.25) is 0 Å². The second kappa shape index (κ2) is 10.8. The summed E-state index contributed by atoms with van der Waals surface area (Å²) in [5, 5.41) is 14.8. The highest BCUT2D eigenvalue weighted by Crippen LogP contribution is 2.27. The zero-order valence-electron chi connectivity index (χ0n) is 21.6. The zero-order chi connectivity index (χ0) is 27.5. The summed E-state index contributed by atoms with van der Waals surface area (Å²) < 4.78 is 5.49. The maximum absolute atomic E-state index is 13.2. The second-order valence-electron chi connectivity index (χ2n) is 9.27. The number of methoxy groups -OCH3 is 1. The Labute approximate surface area is 225 Å². The Kier molecular flexibility index (Phi) is 7.09. The number of carbonyl (C=O) groups excluding carboxylic acids is 2. The molecule has 0 atom stereocenters. The first-order valence-electron chi connectivity index (χ1n) is 12.5. The number of nitro groups is 1. The van der Waals surface area contributed by atoms with Crippen molar-refractivity contribution in [3.8, 4) is 5.75 Å². The Balaban J connectivity index is 1.21. The van der Waals surface area contributed by atoms with Gasteiger partial charge < -0.3 is 19.9 Å². The van der Waals surface area contributed by atoms with Crippen molar-refractivity contribution in [2.45, 2.75) is 6.92 Å². The van der Waals surface area contributed by atoms with Crippen LogP contribution in [0.5, 0.6) is 5.75 Å². The number of hydrogen-bond donors (Lipinski definition) is 1. The highest BCUT2D eigenvalue weighted by Gasteiger charge is 2.24. The zero-order valence-corrected chi connectivity index (χ0v) is 21.6. The number of para-hydroxylation sites is 1. The van der Waals surface area contributed by atoms with Crippen molar-refractivity contribution in [2.24, 2.45) is 0 Å². The number of nitro benzene ring substituents is 1. The molecule has 39 heavy (non-hydrogen) atoms. The van der Waals surface area contributed by atoms with Gasteiger partial charge in [0.15, 0.2) is 0 Å². The molecular weight excluding hydrogens is 498 g/mol. The van der Waals surface area contributed by atoms with Gasteiger partial charge in [-0.3, -0.25) is 19.7 Å². The lowest BCUT2D eigenvalue weighted by molar-refractivity contribution is -0.385. The number of amides is 2. The number of piperazine rings is 1. The number of aryl methyl sites for hydroxylation is 1. The van der Waals surface area contributed by atoms with Gasteiger partial charge in [0.05, 0.1) is 17.5 Å². The molecule has 0 unspecified atom stereocenters. The summed E-state index contributed by atoms with van der Waals surface area (Å²) in [5.74, 6) is 0.0698. The standard InChI is InChI=1S/C29H27N5O5/c1-19-7-8-20(17-26(19)34(37)38)28(35)30-21-9-11-22(12-10-21)32-13-15-33(16-14-32)29(36)25-18-27(39-2)23-5-3-4-6-24(23)31-25/h3-12,17-18H,13-16H2,1-2H3,(H,30,35). The van der Waals surface area contributed by atoms with E-state index >= 15 is 0 Å². The monoisotopic (exact) mass is 525 g/mol. The molecule has 0 spiro atoms. The van der Waals surface area contributed by atoms with E-state index in [0.29, 0.717) is 54.4 Å². The van der Waals surface area contributed by atoms with E-state index in [1.54, 1.807) is 49.3 Å². The van der Waals surface area contributed by atoms with Crippen LogP contribution in [0.25, 0.3) is 10.9 Å². The van der Waals surface area contributed by atoms with Crippen molar-refractivity contribution >= 4 is 39.8 Å². The molecule has 4 aromatic rings. The Morgan fingerprint density at radius 3 is 2.38 bits per heavy atom. The van der Waals surface area contributed by atoms with E-state index in [-0.39, 0.29) is 17.2 Å². The van der Waals surface area contributed by atoms with Gasteiger partial charge in [-0.05, 0) is 49.4 Å². The second-order valence-corrected chi connectivity index (χ2v) is 9.27. The third-order valence-corrected chi connectivity index (χ3v) is 6.84. The van der Waals surface area contributed by atoms with Gasteiger partial charge in [-0.1, -0.05) is 18.2 Å². The fraction of sp³-hybridized carbons (Fsp3) is 0.207. The maximum atomic E-state index is 13.2. The molecule has 1 N–H and O–H groups in total. The minimum Gasteiger partial charge on any atom is -0.496 e. The number of nitrogens with one attached hydrogen (secondary N) is 1. The average molecular weight is 526 g/mol. The van der Waals surface area contributed by atoms with E-state index < -0.39 is 10.8 Å². The van der Waals surface area contributed by atoms with Crippen molar-refractivity contribution in [2.75, 3.05) is 43.5 Å². The van der Waals surface area contributed by atoms with Crippen LogP contribution in [0.1, 0.15) is 26.4 Å². The van der Waals surface area contributed by atoms with Crippen molar-refractivity contribution in [1.29, 1.82) is 0 Å². The summed E-state index contributed by atoms with van der Waals surface area (Å²) in [6.07, 6.45) is 0. The normalized spacial score (nSPS) is 13.3. The molecule has 1 fully saturated rings. The smallest absolute Gasteiger partial charge is 0.273 e. The van der Waals surface area contributed by atoms with Crippen LogP contribution in [0.15, 0.2) is 72.8 Å². The molecule has 1 aliphatic rings. The van der Waals surface area contributed by atoms with Gasteiger partial charge in [0.25, 0.3) is 17.5 Å². The van der Waals surface area contributed by atoms with Crippen molar-refractivity contribution < 1.29 is 19.2 Å². The highest BCUT2D eigenvalue weighted by atomic mass is 16.6. The topological polar surface area (TPSA) is 118 Å². The number of pyridine rings is 1. The molecule has 0 radical (unpaired) electrons. The van der Waals surface area contributed by atoms with Crippen molar-refractivity contribution in [3.63, 3.8) is 0 Å². The summed E-state index contributed by atoms with van der Waals surface area (Å²) in [4.78, 5) is 45.0. The van der Waals surface area contributed by atoms with Crippen LogP contribution in [0.3, 0.4) is 0 Å². The summed E-state index contributed by atoms with van der Waals surface area (Å²) in [5.41, 5.74) is 3.25. The molecule has 3 aromatic carbocycles. The van der Waals surface area contributed by atoms with Crippen LogP contribution in [0.4, 0.5) is 17.1 Å². The predicted octanol–water partition coefficient (Wildman–Crippen LogP) is 4.67. The molecule has 0 saturated carbocycles. The molecule has 10 heteroatoms. The van der Waals surface area contributed by atoms with E-state index in [0.717, 1.165) is 11.1 Å². The van der Waals surface area contributed by atoms with Gasteiger partial charge in [-0.25, -0.2) is 4.98 Å². The largest absolute Gasteiger partial charge is 0.496 e. The molecule has 2 heterocycles. The minimum atomic E-state index is -0.497. The van der Waals surface area contributed by atoms with Crippen molar-refractivity contribution in [3.05, 3.63) is 99.7 Å². The SMILES string of the molecule is COc1cc(C(=O)N2CCN(c3ccc(NC(=O)c4ccc(C)c([N+](=O)[O-])c4)cc3)CC2)nc2ccccc12. The number of ether oxygens (including phenoxy) is 1. The quantitative estimate of drug-likeness (QED) is 0.287. The molecule has 5 rings (SSSR count). The van der Waals surface area contributed by atoms with Gasteiger partial charge >= 0.3 is 0 Å². The fourth-order valence-corrected chi connectivity index (χ4v) is 4.66. The van der Waals surface area contributed by atoms with Gasteiger partial charge in [-0.15, -0.1) is 0 Å². The number of benzene rings is 3. The van der Waals surface area contributed by atoms with E-state index in [9.17, 15) is 19.7 Å². The summed E-state index contributed by atoms with van der Waals surface area (Å²) >= 11 is 0. The van der Waals surface area contributed by atoms with E-state index in [1.807, 2.05) is 36.4 Å². The number of hydrogen-bond acceptors (Lipinski definition) is 7. The van der Waals surface area contributed by atoms with Crippen LogP contribution < -0.4 is 15.0 Å². The van der Waals surface area contributed by atoms with Gasteiger partial charge in [0, 0.05) is 66.2 Å². The Bertz CT molecular complexity index is 1560. The molecule has 0 aliphatic carbocycles. The number of aromatic nitrogens is 1. The number of nitrogens with zero attached hydrogens (tertiary/aromatic N) is 4. The van der Waals surface area contributed by atoms with Gasteiger partial charge in [0.1, 0.15) is 11.4 Å². The van der Waals surface area contributed by atoms with Crippen LogP contribution in [-0.4, -0.2) is 59.9 Å².